The second-order valence-electron chi connectivity index (χ2n) is 19.7. The van der Waals surface area contributed by atoms with Crippen molar-refractivity contribution in [1.82, 2.24) is 14.7 Å². The number of ketones is 3. The monoisotopic (exact) mass is 860 g/mol. The Labute approximate surface area is 375 Å². The van der Waals surface area contributed by atoms with Crippen LogP contribution in [0.1, 0.15) is 135 Å². The van der Waals surface area contributed by atoms with Crippen LogP contribution < -0.4 is 4.74 Å². The molecule has 0 radical (unpaired) electrons. The normalized spacial score (nSPS) is 23.2. The molecule has 3 saturated heterocycles. The lowest BCUT2D eigenvalue weighted by molar-refractivity contribution is -0.152. The molecule has 3 aromatic rings. The maximum Gasteiger partial charge on any atom is 0.291 e. The van der Waals surface area contributed by atoms with Gasteiger partial charge in [-0.25, -0.2) is 0 Å². The van der Waals surface area contributed by atoms with E-state index in [9.17, 15) is 28.8 Å². The van der Waals surface area contributed by atoms with Crippen LogP contribution in [0.25, 0.3) is 0 Å². The summed E-state index contributed by atoms with van der Waals surface area (Å²) in [6.07, 6.45) is 5.70. The quantitative estimate of drug-likeness (QED) is 0.117. The summed E-state index contributed by atoms with van der Waals surface area (Å²) in [5.41, 5.74) is 0.0581. The number of methoxy groups -OCH3 is 1. The van der Waals surface area contributed by atoms with Crippen LogP contribution in [0.2, 0.25) is 0 Å². The lowest BCUT2D eigenvalue weighted by Gasteiger charge is -2.36. The molecule has 0 spiro atoms. The molecule has 0 aromatic heterocycles. The molecule has 3 amide bonds. The Morgan fingerprint density at radius 3 is 1.84 bits per heavy atom. The van der Waals surface area contributed by atoms with Gasteiger partial charge in [-0.3, -0.25) is 28.8 Å². The van der Waals surface area contributed by atoms with Crippen molar-refractivity contribution in [1.29, 1.82) is 0 Å². The number of carbonyl (C=O) groups is 6. The molecular weight excluding hydrogens is 791 g/mol. The number of nitrogens with zero attached hydrogens (tertiary/aromatic N) is 3. The van der Waals surface area contributed by atoms with Gasteiger partial charge in [0.25, 0.3) is 17.7 Å². The van der Waals surface area contributed by atoms with E-state index in [4.69, 9.17) is 4.74 Å². The molecule has 10 nitrogen and oxygen atoms in total. The van der Waals surface area contributed by atoms with E-state index in [-0.39, 0.29) is 30.2 Å². The van der Waals surface area contributed by atoms with E-state index >= 15 is 0 Å². The minimum Gasteiger partial charge on any atom is -0.497 e. The van der Waals surface area contributed by atoms with E-state index in [2.05, 4.69) is 12.1 Å². The van der Waals surface area contributed by atoms with Gasteiger partial charge in [-0.15, -0.1) is 0 Å². The van der Waals surface area contributed by atoms with Gasteiger partial charge in [0.05, 0.1) is 19.2 Å². The molecule has 3 aliphatic heterocycles. The molecule has 6 rings (SSSR count). The van der Waals surface area contributed by atoms with Gasteiger partial charge in [-0.1, -0.05) is 121 Å². The van der Waals surface area contributed by atoms with E-state index in [1.807, 2.05) is 107 Å². The van der Waals surface area contributed by atoms with Crippen molar-refractivity contribution < 1.29 is 33.5 Å². The molecular formula is C53H69N3O7. The van der Waals surface area contributed by atoms with Gasteiger partial charge in [-0.05, 0) is 105 Å². The molecule has 10 heteroatoms. The van der Waals surface area contributed by atoms with Gasteiger partial charge >= 0.3 is 0 Å². The number of hydrogen-bond donors (Lipinski definition) is 0. The highest BCUT2D eigenvalue weighted by Gasteiger charge is 2.51. The van der Waals surface area contributed by atoms with Crippen molar-refractivity contribution in [2.24, 2.45) is 28.1 Å². The smallest absolute Gasteiger partial charge is 0.291 e. The second kappa shape index (κ2) is 19.7. The van der Waals surface area contributed by atoms with Crippen molar-refractivity contribution in [2.45, 2.75) is 131 Å². The molecule has 338 valence electrons. The van der Waals surface area contributed by atoms with Gasteiger partial charge in [0.15, 0.2) is 0 Å². The maximum absolute atomic E-state index is 14.8. The summed E-state index contributed by atoms with van der Waals surface area (Å²) in [4.78, 5) is 90.9. The van der Waals surface area contributed by atoms with Gasteiger partial charge in [0.2, 0.25) is 17.3 Å². The highest BCUT2D eigenvalue weighted by Crippen LogP contribution is 2.48. The number of benzene rings is 3. The SMILES string of the molecule is CCC(C)(C)C(=O)C(=O)N1CC(CC(C)(CC)C(=O)C(=O)N2CCC(CC(C)(CC)C(=O)C(=O)N3CCCC3Cc3ccccc3)C2c2ccccc2)CC1c1cccc(OC)c1. The third kappa shape index (κ3) is 10.0. The van der Waals surface area contributed by atoms with Gasteiger partial charge in [-0.2, -0.15) is 0 Å². The first kappa shape index (κ1) is 47.4. The Hall–Kier alpha value is -5.12. The fraction of sp³-hybridized carbons (Fsp3) is 0.547. The average molecular weight is 860 g/mol. The molecule has 0 saturated carbocycles. The Balaban J connectivity index is 1.22. The van der Waals surface area contributed by atoms with Crippen molar-refractivity contribution in [3.8, 4) is 5.75 Å². The van der Waals surface area contributed by atoms with Crippen molar-refractivity contribution in [3.63, 3.8) is 0 Å². The number of likely N-dealkylation sites (tertiary alicyclic amines) is 3. The molecule has 3 fully saturated rings. The van der Waals surface area contributed by atoms with Crippen molar-refractivity contribution in [3.05, 3.63) is 102 Å². The van der Waals surface area contributed by atoms with Gasteiger partial charge < -0.3 is 19.4 Å². The van der Waals surface area contributed by atoms with Crippen LogP contribution in [-0.2, 0) is 35.2 Å². The standard InChI is InChI=1S/C53H69N3O7/c1-9-51(4,5)45(57)48(60)56-35-37(31-43(56)39-24-18-26-42(32-39)63-8)33-52(6,10-2)47(59)50(62)55-29-27-40(44(55)38-22-16-13-17-23-38)34-53(7,11-3)46(58)49(61)54-28-19-25-41(54)30-36-20-14-12-15-21-36/h12-18,20-24,26,32,37,40-41,43-44H,9-11,19,25,27-31,33-35H2,1-8H3. The second-order valence-corrected chi connectivity index (χ2v) is 19.7. The van der Waals surface area contributed by atoms with Crippen LogP contribution in [0.3, 0.4) is 0 Å². The lowest BCUT2D eigenvalue weighted by atomic mass is 9.72. The highest BCUT2D eigenvalue weighted by atomic mass is 16.5. The summed E-state index contributed by atoms with van der Waals surface area (Å²) in [5.74, 6) is -2.47. The summed E-state index contributed by atoms with van der Waals surface area (Å²) < 4.78 is 5.52. The fourth-order valence-electron chi connectivity index (χ4n) is 10.4. The molecule has 0 bridgehead atoms. The number of rotatable bonds is 18. The summed E-state index contributed by atoms with van der Waals surface area (Å²) in [6.45, 7) is 14.3. The fourth-order valence-corrected chi connectivity index (χ4v) is 10.4. The average Bonchev–Trinajstić information content (AvgIpc) is 4.07. The number of amides is 3. The molecule has 3 heterocycles. The topological polar surface area (TPSA) is 121 Å². The van der Waals surface area contributed by atoms with Crippen LogP contribution >= 0.6 is 0 Å². The number of ether oxygens (including phenoxy) is 1. The zero-order valence-corrected chi connectivity index (χ0v) is 38.9. The first-order valence-corrected chi connectivity index (χ1v) is 23.3. The first-order chi connectivity index (χ1) is 30.0. The molecule has 3 aromatic carbocycles. The van der Waals surface area contributed by atoms with E-state index in [0.717, 1.165) is 29.5 Å². The Bertz CT molecular complexity index is 2140. The third-order valence-corrected chi connectivity index (χ3v) is 15.2. The van der Waals surface area contributed by atoms with E-state index in [0.29, 0.717) is 70.2 Å². The summed E-state index contributed by atoms with van der Waals surface area (Å²) >= 11 is 0. The van der Waals surface area contributed by atoms with Crippen molar-refractivity contribution in [2.75, 3.05) is 26.7 Å². The number of Topliss-reactive ketones (excluding diaryl/α,β-unsaturated/α-hetero) is 3. The van der Waals surface area contributed by atoms with Crippen LogP contribution in [0.15, 0.2) is 84.9 Å². The minimum atomic E-state index is -1.04. The molecule has 63 heavy (non-hydrogen) atoms. The molecule has 3 aliphatic rings. The third-order valence-electron chi connectivity index (χ3n) is 15.2. The van der Waals surface area contributed by atoms with E-state index in [1.165, 1.54) is 0 Å². The Morgan fingerprint density at radius 1 is 0.635 bits per heavy atom. The maximum atomic E-state index is 14.8. The summed E-state index contributed by atoms with van der Waals surface area (Å²) in [5, 5.41) is 0. The summed E-state index contributed by atoms with van der Waals surface area (Å²) in [6, 6.07) is 26.5. The molecule has 0 N–H and O–H groups in total. The van der Waals surface area contributed by atoms with E-state index < -0.39 is 57.6 Å². The summed E-state index contributed by atoms with van der Waals surface area (Å²) in [7, 11) is 1.59. The van der Waals surface area contributed by atoms with E-state index in [1.54, 1.807) is 35.7 Å². The Morgan fingerprint density at radius 2 is 1.22 bits per heavy atom. The Kier molecular flexibility index (Phi) is 14.8. The predicted molar refractivity (Wildman–Crippen MR) is 245 cm³/mol. The minimum absolute atomic E-state index is 0.0308. The van der Waals surface area contributed by atoms with Crippen LogP contribution in [0.5, 0.6) is 5.75 Å². The van der Waals surface area contributed by atoms with Gasteiger partial charge in [0.1, 0.15) is 5.75 Å². The zero-order valence-electron chi connectivity index (χ0n) is 38.9. The van der Waals surface area contributed by atoms with Crippen LogP contribution in [0.4, 0.5) is 0 Å². The lowest BCUT2D eigenvalue weighted by Crippen LogP contribution is -2.47. The van der Waals surface area contributed by atoms with Crippen molar-refractivity contribution >= 4 is 35.1 Å². The van der Waals surface area contributed by atoms with Crippen LogP contribution in [0, 0.1) is 28.1 Å². The number of carbonyl (C=O) groups excluding carboxylic acids is 6. The number of hydrogen-bond acceptors (Lipinski definition) is 7. The molecule has 0 aliphatic carbocycles. The molecule has 7 atom stereocenters. The largest absolute Gasteiger partial charge is 0.497 e. The molecule has 7 unspecified atom stereocenters. The zero-order chi connectivity index (χ0) is 45.7. The predicted octanol–water partition coefficient (Wildman–Crippen LogP) is 9.16. The van der Waals surface area contributed by atoms with Crippen LogP contribution in [-0.4, -0.2) is 82.6 Å². The highest BCUT2D eigenvalue weighted by molar-refractivity contribution is 6.39. The van der Waals surface area contributed by atoms with Gasteiger partial charge in [0, 0.05) is 41.9 Å². The first-order valence-electron chi connectivity index (χ1n) is 23.3.